The smallest absolute Gasteiger partial charge is 0.116 e. The minimum Gasteiger partial charge on any atom is -0.508 e. The zero-order valence-electron chi connectivity index (χ0n) is 8.22. The fraction of sp³-hybridized carbons (Fsp3) is 0.0833. The van der Waals surface area contributed by atoms with E-state index in [0.29, 0.717) is 6.54 Å². The van der Waals surface area contributed by atoms with Gasteiger partial charge in [-0.25, -0.2) is 0 Å². The molecule has 0 aliphatic heterocycles. The summed E-state index contributed by atoms with van der Waals surface area (Å²) in [5.41, 5.74) is 8.56. The molecule has 3 N–H and O–H groups in total. The van der Waals surface area contributed by atoms with Crippen molar-refractivity contribution in [2.75, 3.05) is 0 Å². The summed E-state index contributed by atoms with van der Waals surface area (Å²) in [5.74, 6) is 0.249. The molecule has 1 heterocycles. The first-order chi connectivity index (χ1) is 7.31. The number of hydrogen-bond acceptors (Lipinski definition) is 3. The Morgan fingerprint density at radius 3 is 2.87 bits per heavy atom. The molecule has 0 saturated heterocycles. The Labute approximate surface area is 88.2 Å². The van der Waals surface area contributed by atoms with Crippen LogP contribution in [-0.4, -0.2) is 10.1 Å². The van der Waals surface area contributed by atoms with Crippen LogP contribution in [0.4, 0.5) is 0 Å². The van der Waals surface area contributed by atoms with E-state index in [9.17, 15) is 5.11 Å². The first-order valence-electron chi connectivity index (χ1n) is 4.73. The molecule has 0 bridgehead atoms. The van der Waals surface area contributed by atoms with Gasteiger partial charge in [-0.05, 0) is 29.3 Å². The standard InChI is InChI=1S/C12H12N2O/c13-7-10-4-5-14-8-12(10)9-2-1-3-11(15)6-9/h1-6,8,15H,7,13H2. The second kappa shape index (κ2) is 4.11. The predicted molar refractivity (Wildman–Crippen MR) is 59.2 cm³/mol. The monoisotopic (exact) mass is 200 g/mol. The first-order valence-corrected chi connectivity index (χ1v) is 4.73. The van der Waals surface area contributed by atoms with Crippen molar-refractivity contribution in [1.82, 2.24) is 4.98 Å². The fourth-order valence-corrected chi connectivity index (χ4v) is 1.53. The van der Waals surface area contributed by atoms with Gasteiger partial charge in [-0.2, -0.15) is 0 Å². The van der Waals surface area contributed by atoms with Crippen LogP contribution in [0.1, 0.15) is 5.56 Å². The van der Waals surface area contributed by atoms with Gasteiger partial charge in [0.15, 0.2) is 0 Å². The highest BCUT2D eigenvalue weighted by Crippen LogP contribution is 2.25. The molecule has 0 unspecified atom stereocenters. The average molecular weight is 200 g/mol. The molecule has 0 aliphatic rings. The van der Waals surface area contributed by atoms with Gasteiger partial charge in [0.1, 0.15) is 5.75 Å². The third kappa shape index (κ3) is 1.97. The van der Waals surface area contributed by atoms with Gasteiger partial charge < -0.3 is 10.8 Å². The predicted octanol–water partition coefficient (Wildman–Crippen LogP) is 1.91. The molecule has 1 aromatic heterocycles. The highest BCUT2D eigenvalue weighted by molar-refractivity contribution is 5.67. The van der Waals surface area contributed by atoms with Crippen molar-refractivity contribution >= 4 is 0 Å². The number of aromatic hydroxyl groups is 1. The van der Waals surface area contributed by atoms with Crippen LogP contribution in [0.5, 0.6) is 5.75 Å². The normalized spacial score (nSPS) is 10.2. The summed E-state index contributed by atoms with van der Waals surface area (Å²) in [6.45, 7) is 0.466. The van der Waals surface area contributed by atoms with E-state index in [4.69, 9.17) is 5.73 Å². The molecule has 0 radical (unpaired) electrons. The van der Waals surface area contributed by atoms with Crippen molar-refractivity contribution in [3.05, 3.63) is 48.3 Å². The Kier molecular flexibility index (Phi) is 2.65. The lowest BCUT2D eigenvalue weighted by Crippen LogP contribution is -1.99. The Morgan fingerprint density at radius 2 is 2.13 bits per heavy atom. The highest BCUT2D eigenvalue weighted by Gasteiger charge is 2.03. The van der Waals surface area contributed by atoms with E-state index in [-0.39, 0.29) is 5.75 Å². The summed E-state index contributed by atoms with van der Waals surface area (Å²) in [7, 11) is 0. The molecule has 0 fully saturated rings. The summed E-state index contributed by atoms with van der Waals surface area (Å²) in [6.07, 6.45) is 3.48. The maximum Gasteiger partial charge on any atom is 0.116 e. The number of benzene rings is 1. The minimum atomic E-state index is 0.249. The average Bonchev–Trinajstić information content (AvgIpc) is 2.29. The van der Waals surface area contributed by atoms with Crippen molar-refractivity contribution < 1.29 is 5.11 Å². The van der Waals surface area contributed by atoms with Gasteiger partial charge in [0.05, 0.1) is 0 Å². The van der Waals surface area contributed by atoms with Gasteiger partial charge >= 0.3 is 0 Å². The molecule has 0 aliphatic carbocycles. The third-order valence-corrected chi connectivity index (χ3v) is 2.29. The highest BCUT2D eigenvalue weighted by atomic mass is 16.3. The topological polar surface area (TPSA) is 59.1 Å². The van der Waals surface area contributed by atoms with Crippen LogP contribution in [0.15, 0.2) is 42.7 Å². The number of phenols is 1. The van der Waals surface area contributed by atoms with Gasteiger partial charge in [-0.3, -0.25) is 4.98 Å². The zero-order valence-corrected chi connectivity index (χ0v) is 8.22. The van der Waals surface area contributed by atoms with Gasteiger partial charge in [0, 0.05) is 24.5 Å². The lowest BCUT2D eigenvalue weighted by Gasteiger charge is -2.06. The van der Waals surface area contributed by atoms with E-state index in [2.05, 4.69) is 4.98 Å². The molecule has 0 amide bonds. The molecule has 3 heteroatoms. The first kappa shape index (κ1) is 9.68. The summed E-state index contributed by atoms with van der Waals surface area (Å²) in [6, 6.07) is 8.96. The molecule has 76 valence electrons. The second-order valence-electron chi connectivity index (χ2n) is 3.29. The van der Waals surface area contributed by atoms with Crippen molar-refractivity contribution in [2.45, 2.75) is 6.54 Å². The lowest BCUT2D eigenvalue weighted by molar-refractivity contribution is 0.475. The molecule has 2 aromatic rings. The number of pyridine rings is 1. The Morgan fingerprint density at radius 1 is 1.27 bits per heavy atom. The van der Waals surface area contributed by atoms with Gasteiger partial charge in [0.2, 0.25) is 0 Å². The largest absolute Gasteiger partial charge is 0.508 e. The molecule has 0 atom stereocenters. The van der Waals surface area contributed by atoms with Crippen LogP contribution in [0, 0.1) is 0 Å². The van der Waals surface area contributed by atoms with Crippen LogP contribution < -0.4 is 5.73 Å². The number of nitrogens with two attached hydrogens (primary N) is 1. The van der Waals surface area contributed by atoms with Crippen LogP contribution in [-0.2, 0) is 6.54 Å². The van der Waals surface area contributed by atoms with Gasteiger partial charge in [0.25, 0.3) is 0 Å². The van der Waals surface area contributed by atoms with E-state index in [1.807, 2.05) is 12.1 Å². The molecule has 0 saturated carbocycles. The summed E-state index contributed by atoms with van der Waals surface area (Å²) in [4.78, 5) is 4.06. The number of aromatic nitrogens is 1. The van der Waals surface area contributed by atoms with Crippen molar-refractivity contribution in [3.8, 4) is 16.9 Å². The molecular formula is C12H12N2O. The van der Waals surface area contributed by atoms with Gasteiger partial charge in [-0.15, -0.1) is 0 Å². The molecular weight excluding hydrogens is 188 g/mol. The van der Waals surface area contributed by atoms with Crippen molar-refractivity contribution in [3.63, 3.8) is 0 Å². The van der Waals surface area contributed by atoms with Gasteiger partial charge in [-0.1, -0.05) is 12.1 Å². The lowest BCUT2D eigenvalue weighted by atomic mass is 10.0. The third-order valence-electron chi connectivity index (χ3n) is 2.29. The maximum absolute atomic E-state index is 9.39. The van der Waals surface area contributed by atoms with E-state index < -0.39 is 0 Å². The van der Waals surface area contributed by atoms with E-state index in [1.54, 1.807) is 30.6 Å². The van der Waals surface area contributed by atoms with Crippen LogP contribution in [0.3, 0.4) is 0 Å². The Balaban J connectivity index is 2.53. The minimum absolute atomic E-state index is 0.249. The molecule has 1 aromatic carbocycles. The summed E-state index contributed by atoms with van der Waals surface area (Å²) >= 11 is 0. The van der Waals surface area contributed by atoms with Crippen molar-refractivity contribution in [1.29, 1.82) is 0 Å². The van der Waals surface area contributed by atoms with E-state index in [0.717, 1.165) is 16.7 Å². The quantitative estimate of drug-likeness (QED) is 0.778. The maximum atomic E-state index is 9.39. The molecule has 3 nitrogen and oxygen atoms in total. The van der Waals surface area contributed by atoms with Crippen LogP contribution in [0.25, 0.3) is 11.1 Å². The Hall–Kier alpha value is -1.87. The molecule has 0 spiro atoms. The number of hydrogen-bond donors (Lipinski definition) is 2. The summed E-state index contributed by atoms with van der Waals surface area (Å²) < 4.78 is 0. The fourth-order valence-electron chi connectivity index (χ4n) is 1.53. The van der Waals surface area contributed by atoms with E-state index in [1.165, 1.54) is 0 Å². The summed E-state index contributed by atoms with van der Waals surface area (Å²) in [5, 5.41) is 9.39. The Bertz CT molecular complexity index is 469. The number of rotatable bonds is 2. The SMILES string of the molecule is NCc1ccncc1-c1cccc(O)c1. The number of phenolic OH excluding ortho intramolecular Hbond substituents is 1. The van der Waals surface area contributed by atoms with Crippen molar-refractivity contribution in [2.24, 2.45) is 5.73 Å². The molecule has 15 heavy (non-hydrogen) atoms. The molecule has 2 rings (SSSR count). The second-order valence-corrected chi connectivity index (χ2v) is 3.29. The van der Waals surface area contributed by atoms with Crippen LogP contribution in [0.2, 0.25) is 0 Å². The van der Waals surface area contributed by atoms with Crippen LogP contribution >= 0.6 is 0 Å². The zero-order chi connectivity index (χ0) is 10.7. The number of nitrogens with zero attached hydrogens (tertiary/aromatic N) is 1. The van der Waals surface area contributed by atoms with E-state index >= 15 is 0 Å².